The molecule has 0 spiro atoms. The van der Waals surface area contributed by atoms with E-state index in [1.807, 2.05) is 43.3 Å². The lowest BCUT2D eigenvalue weighted by Gasteiger charge is -2.23. The van der Waals surface area contributed by atoms with Crippen molar-refractivity contribution < 1.29 is 4.79 Å². The molecule has 0 unspecified atom stereocenters. The van der Waals surface area contributed by atoms with Gasteiger partial charge in [-0.2, -0.15) is 0 Å². The molecule has 32 heavy (non-hydrogen) atoms. The number of fused-ring (bicyclic) bond motifs is 2. The Kier molecular flexibility index (Phi) is 5.09. The lowest BCUT2D eigenvalue weighted by atomic mass is 9.95. The number of aryl methyl sites for hydroxylation is 1. The van der Waals surface area contributed by atoms with Crippen LogP contribution in [0.1, 0.15) is 48.0 Å². The summed E-state index contributed by atoms with van der Waals surface area (Å²) in [5.74, 6) is -0.317. The Morgan fingerprint density at radius 2 is 1.81 bits per heavy atom. The number of rotatable bonds is 3. The van der Waals surface area contributed by atoms with Crippen LogP contribution < -0.4 is 16.4 Å². The Hall–Kier alpha value is -3.74. The van der Waals surface area contributed by atoms with Gasteiger partial charge in [-0.1, -0.05) is 43.5 Å². The molecule has 1 fully saturated rings. The summed E-state index contributed by atoms with van der Waals surface area (Å²) in [6.07, 6.45) is 6.95. The molecule has 3 heterocycles. The van der Waals surface area contributed by atoms with Gasteiger partial charge in [0.05, 0.1) is 10.9 Å². The van der Waals surface area contributed by atoms with Crippen molar-refractivity contribution in [1.29, 1.82) is 5.41 Å². The second-order valence-corrected chi connectivity index (χ2v) is 8.43. The summed E-state index contributed by atoms with van der Waals surface area (Å²) < 4.78 is 3.10. The van der Waals surface area contributed by atoms with Crippen molar-refractivity contribution in [2.75, 3.05) is 0 Å². The first-order valence-electron chi connectivity index (χ1n) is 11.0. The van der Waals surface area contributed by atoms with E-state index in [4.69, 9.17) is 10.4 Å². The summed E-state index contributed by atoms with van der Waals surface area (Å²) in [7, 11) is 0. The molecule has 5 rings (SSSR count). The van der Waals surface area contributed by atoms with E-state index in [1.54, 1.807) is 16.8 Å². The molecule has 0 saturated heterocycles. The van der Waals surface area contributed by atoms with Crippen molar-refractivity contribution in [3.8, 4) is 5.69 Å². The first kappa shape index (κ1) is 20.2. The summed E-state index contributed by atoms with van der Waals surface area (Å²) in [6, 6.07) is 14.6. The standard InChI is InChI=1S/C25H25N5O2/c1-16-9-8-14-29-22(16)28-23-20(25(29)32)15-19(24(31)27-17-10-4-2-5-11-17)21(26)30(23)18-12-6-3-7-13-18/h3,6-9,12-15,17,26H,2,4-5,10-11H2,1H3,(H,27,31). The third kappa shape index (κ3) is 3.39. The van der Waals surface area contributed by atoms with E-state index in [1.165, 1.54) is 16.9 Å². The molecule has 1 aliphatic rings. The Balaban J connectivity index is 1.79. The van der Waals surface area contributed by atoms with Gasteiger partial charge in [0.15, 0.2) is 5.65 Å². The normalized spacial score (nSPS) is 14.7. The number of aromatic nitrogens is 3. The number of para-hydroxylation sites is 1. The van der Waals surface area contributed by atoms with Crippen LogP contribution in [0.15, 0.2) is 59.5 Å². The predicted octanol–water partition coefficient (Wildman–Crippen LogP) is 3.49. The SMILES string of the molecule is Cc1cccn2c(=O)c3cc(C(=O)NC4CCCCC4)c(=N)n(-c4ccccc4)c3nc12. The molecule has 7 heteroatoms. The van der Waals surface area contributed by atoms with Crippen molar-refractivity contribution in [3.05, 3.63) is 81.7 Å². The maximum absolute atomic E-state index is 13.4. The maximum Gasteiger partial charge on any atom is 0.267 e. The quantitative estimate of drug-likeness (QED) is 0.490. The Morgan fingerprint density at radius 1 is 1.06 bits per heavy atom. The molecule has 0 aliphatic heterocycles. The second-order valence-electron chi connectivity index (χ2n) is 8.43. The third-order valence-electron chi connectivity index (χ3n) is 6.24. The summed E-state index contributed by atoms with van der Waals surface area (Å²) in [6.45, 7) is 1.90. The number of pyridine rings is 2. The van der Waals surface area contributed by atoms with Gasteiger partial charge in [0.2, 0.25) is 0 Å². The van der Waals surface area contributed by atoms with E-state index in [0.29, 0.717) is 22.4 Å². The summed E-state index contributed by atoms with van der Waals surface area (Å²) >= 11 is 0. The van der Waals surface area contributed by atoms with Crippen molar-refractivity contribution in [1.82, 2.24) is 19.3 Å². The first-order valence-corrected chi connectivity index (χ1v) is 11.0. The maximum atomic E-state index is 13.4. The van der Waals surface area contributed by atoms with Crippen LogP contribution in [0.25, 0.3) is 22.4 Å². The topological polar surface area (TPSA) is 92.3 Å². The molecule has 0 bridgehead atoms. The highest BCUT2D eigenvalue weighted by Crippen LogP contribution is 2.19. The number of benzene rings is 1. The fourth-order valence-electron chi connectivity index (χ4n) is 4.55. The van der Waals surface area contributed by atoms with E-state index in [2.05, 4.69) is 5.32 Å². The van der Waals surface area contributed by atoms with Gasteiger partial charge in [-0.15, -0.1) is 0 Å². The van der Waals surface area contributed by atoms with Crippen LogP contribution >= 0.6 is 0 Å². The molecule has 1 amide bonds. The minimum atomic E-state index is -0.317. The van der Waals surface area contributed by atoms with Crippen LogP contribution in [0, 0.1) is 12.3 Å². The lowest BCUT2D eigenvalue weighted by molar-refractivity contribution is 0.0925. The summed E-state index contributed by atoms with van der Waals surface area (Å²) in [4.78, 5) is 31.4. The molecule has 7 nitrogen and oxygen atoms in total. The van der Waals surface area contributed by atoms with Gasteiger partial charge in [-0.3, -0.25) is 24.0 Å². The number of nitrogens with zero attached hydrogens (tertiary/aromatic N) is 3. The van der Waals surface area contributed by atoms with Gasteiger partial charge in [0.25, 0.3) is 11.5 Å². The zero-order chi connectivity index (χ0) is 22.2. The zero-order valence-electron chi connectivity index (χ0n) is 18.0. The number of carbonyl (C=O) groups excluding carboxylic acids is 1. The first-order chi connectivity index (χ1) is 15.5. The lowest BCUT2D eigenvalue weighted by Crippen LogP contribution is -2.40. The van der Waals surface area contributed by atoms with E-state index < -0.39 is 0 Å². The number of hydrogen-bond donors (Lipinski definition) is 2. The summed E-state index contributed by atoms with van der Waals surface area (Å²) in [5.41, 5.74) is 2.38. The number of nitrogens with one attached hydrogen (secondary N) is 2. The fraction of sp³-hybridized carbons (Fsp3) is 0.280. The molecule has 0 radical (unpaired) electrons. The molecule has 1 aromatic carbocycles. The molecule has 1 aliphatic carbocycles. The van der Waals surface area contributed by atoms with E-state index >= 15 is 0 Å². The van der Waals surface area contributed by atoms with Gasteiger partial charge in [0.1, 0.15) is 11.1 Å². The monoisotopic (exact) mass is 427 g/mol. The number of hydrogen-bond acceptors (Lipinski definition) is 4. The minimum absolute atomic E-state index is 0.0156. The third-order valence-corrected chi connectivity index (χ3v) is 6.24. The van der Waals surface area contributed by atoms with E-state index in [-0.39, 0.29) is 28.6 Å². The Morgan fingerprint density at radius 3 is 2.56 bits per heavy atom. The van der Waals surface area contributed by atoms with Crippen molar-refractivity contribution >= 4 is 22.6 Å². The van der Waals surface area contributed by atoms with Gasteiger partial charge in [-0.25, -0.2) is 4.98 Å². The zero-order valence-corrected chi connectivity index (χ0v) is 18.0. The van der Waals surface area contributed by atoms with Crippen LogP contribution in [0.5, 0.6) is 0 Å². The van der Waals surface area contributed by atoms with Crippen LogP contribution in [0.2, 0.25) is 0 Å². The van der Waals surface area contributed by atoms with Crippen molar-refractivity contribution in [2.45, 2.75) is 45.1 Å². The van der Waals surface area contributed by atoms with Crippen LogP contribution in [-0.2, 0) is 0 Å². The van der Waals surface area contributed by atoms with Crippen molar-refractivity contribution in [3.63, 3.8) is 0 Å². The molecule has 4 aromatic rings. The average molecular weight is 428 g/mol. The van der Waals surface area contributed by atoms with Crippen LogP contribution in [0.4, 0.5) is 0 Å². The molecule has 3 aromatic heterocycles. The van der Waals surface area contributed by atoms with E-state index in [0.717, 1.165) is 31.2 Å². The fourth-order valence-corrected chi connectivity index (χ4v) is 4.55. The van der Waals surface area contributed by atoms with Crippen LogP contribution in [-0.4, -0.2) is 25.9 Å². The molecule has 2 N–H and O–H groups in total. The second kappa shape index (κ2) is 8.07. The van der Waals surface area contributed by atoms with Gasteiger partial charge < -0.3 is 5.32 Å². The summed E-state index contributed by atoms with van der Waals surface area (Å²) in [5, 5.41) is 12.3. The van der Waals surface area contributed by atoms with Crippen molar-refractivity contribution in [2.24, 2.45) is 0 Å². The highest BCUT2D eigenvalue weighted by Gasteiger charge is 2.21. The van der Waals surface area contributed by atoms with E-state index in [9.17, 15) is 9.59 Å². The molecular formula is C25H25N5O2. The highest BCUT2D eigenvalue weighted by atomic mass is 16.2. The average Bonchev–Trinajstić information content (AvgIpc) is 2.81. The highest BCUT2D eigenvalue weighted by molar-refractivity contribution is 5.97. The number of carbonyl (C=O) groups is 1. The van der Waals surface area contributed by atoms with Gasteiger partial charge in [-0.05, 0) is 49.6 Å². The molecule has 162 valence electrons. The van der Waals surface area contributed by atoms with Gasteiger partial charge in [0, 0.05) is 17.9 Å². The molecule has 0 atom stereocenters. The Labute approximate surface area is 184 Å². The van der Waals surface area contributed by atoms with Crippen LogP contribution in [0.3, 0.4) is 0 Å². The Bertz CT molecular complexity index is 1450. The molecule has 1 saturated carbocycles. The predicted molar refractivity (Wildman–Crippen MR) is 123 cm³/mol. The number of amides is 1. The van der Waals surface area contributed by atoms with Gasteiger partial charge >= 0.3 is 0 Å². The largest absolute Gasteiger partial charge is 0.349 e. The molecular weight excluding hydrogens is 402 g/mol. The minimum Gasteiger partial charge on any atom is -0.349 e. The smallest absolute Gasteiger partial charge is 0.267 e.